The van der Waals surface area contributed by atoms with Crippen LogP contribution >= 0.6 is 11.6 Å². The van der Waals surface area contributed by atoms with Gasteiger partial charge in [0.15, 0.2) is 0 Å². The SMILES string of the molecule is CN(CCOc1cccc(CN)c1)Cc1ccccc1Cl. The zero-order chi connectivity index (χ0) is 15.1. The minimum atomic E-state index is 0.531. The van der Waals surface area contributed by atoms with E-state index in [0.717, 1.165) is 35.0 Å². The lowest BCUT2D eigenvalue weighted by Gasteiger charge is -2.18. The highest BCUT2D eigenvalue weighted by Crippen LogP contribution is 2.16. The van der Waals surface area contributed by atoms with Crippen LogP contribution in [0.1, 0.15) is 11.1 Å². The van der Waals surface area contributed by atoms with Crippen LogP contribution in [0, 0.1) is 0 Å². The Hall–Kier alpha value is -1.55. The lowest BCUT2D eigenvalue weighted by molar-refractivity contribution is 0.233. The Balaban J connectivity index is 1.79. The summed E-state index contributed by atoms with van der Waals surface area (Å²) >= 11 is 6.16. The largest absolute Gasteiger partial charge is 0.492 e. The highest BCUT2D eigenvalue weighted by atomic mass is 35.5. The summed E-state index contributed by atoms with van der Waals surface area (Å²) in [5, 5.41) is 0.806. The topological polar surface area (TPSA) is 38.5 Å². The molecule has 0 radical (unpaired) electrons. The molecule has 2 N–H and O–H groups in total. The minimum absolute atomic E-state index is 0.531. The van der Waals surface area contributed by atoms with Gasteiger partial charge in [0.1, 0.15) is 12.4 Å². The fraction of sp³-hybridized carbons (Fsp3) is 0.294. The van der Waals surface area contributed by atoms with Crippen molar-refractivity contribution in [2.24, 2.45) is 5.73 Å². The first-order chi connectivity index (χ1) is 10.2. The Morgan fingerprint density at radius 3 is 2.71 bits per heavy atom. The van der Waals surface area contributed by atoms with Crippen molar-refractivity contribution in [1.82, 2.24) is 4.90 Å². The van der Waals surface area contributed by atoms with E-state index in [2.05, 4.69) is 11.9 Å². The molecule has 2 aromatic rings. The third-order valence-corrected chi connectivity index (χ3v) is 3.64. The molecule has 0 aliphatic rings. The van der Waals surface area contributed by atoms with Gasteiger partial charge < -0.3 is 10.5 Å². The number of benzene rings is 2. The highest BCUT2D eigenvalue weighted by Gasteiger charge is 2.04. The van der Waals surface area contributed by atoms with Crippen molar-refractivity contribution in [3.05, 3.63) is 64.7 Å². The highest BCUT2D eigenvalue weighted by molar-refractivity contribution is 6.31. The molecule has 0 amide bonds. The maximum Gasteiger partial charge on any atom is 0.119 e. The van der Waals surface area contributed by atoms with E-state index in [1.807, 2.05) is 48.5 Å². The number of hydrogen-bond donors (Lipinski definition) is 1. The van der Waals surface area contributed by atoms with Gasteiger partial charge in [-0.2, -0.15) is 0 Å². The Morgan fingerprint density at radius 2 is 1.95 bits per heavy atom. The van der Waals surface area contributed by atoms with E-state index in [1.165, 1.54) is 0 Å². The first-order valence-corrected chi connectivity index (χ1v) is 7.40. The molecule has 0 aliphatic heterocycles. The summed E-state index contributed by atoms with van der Waals surface area (Å²) in [5.41, 5.74) is 7.83. The minimum Gasteiger partial charge on any atom is -0.492 e. The molecule has 21 heavy (non-hydrogen) atoms. The summed E-state index contributed by atoms with van der Waals surface area (Å²) in [4.78, 5) is 2.19. The van der Waals surface area contributed by atoms with Gasteiger partial charge in [0.05, 0.1) is 0 Å². The van der Waals surface area contributed by atoms with E-state index in [4.69, 9.17) is 22.1 Å². The lowest BCUT2D eigenvalue weighted by atomic mass is 10.2. The molecule has 0 heterocycles. The molecule has 0 saturated heterocycles. The predicted molar refractivity (Wildman–Crippen MR) is 87.6 cm³/mol. The van der Waals surface area contributed by atoms with Crippen LogP contribution in [0.3, 0.4) is 0 Å². The van der Waals surface area contributed by atoms with E-state index < -0.39 is 0 Å². The van der Waals surface area contributed by atoms with Crippen LogP contribution in [-0.4, -0.2) is 25.1 Å². The van der Waals surface area contributed by atoms with Crippen molar-refractivity contribution in [2.75, 3.05) is 20.2 Å². The van der Waals surface area contributed by atoms with E-state index in [-0.39, 0.29) is 0 Å². The van der Waals surface area contributed by atoms with Gasteiger partial charge in [-0.1, -0.05) is 41.9 Å². The van der Waals surface area contributed by atoms with Gasteiger partial charge in [-0.25, -0.2) is 0 Å². The van der Waals surface area contributed by atoms with E-state index >= 15 is 0 Å². The van der Waals surface area contributed by atoms with Crippen molar-refractivity contribution in [1.29, 1.82) is 0 Å². The molecule has 0 spiro atoms. The number of rotatable bonds is 7. The smallest absolute Gasteiger partial charge is 0.119 e. The Bertz CT molecular complexity index is 574. The second kappa shape index (κ2) is 8.03. The van der Waals surface area contributed by atoms with E-state index in [1.54, 1.807) is 0 Å². The molecular formula is C17H21ClN2O. The van der Waals surface area contributed by atoms with E-state index in [9.17, 15) is 0 Å². The summed E-state index contributed by atoms with van der Waals surface area (Å²) in [5.74, 6) is 0.865. The number of nitrogens with zero attached hydrogens (tertiary/aromatic N) is 1. The maximum atomic E-state index is 6.16. The summed E-state index contributed by atoms with van der Waals surface area (Å²) in [6.45, 7) is 2.81. The first-order valence-electron chi connectivity index (χ1n) is 7.03. The molecule has 0 saturated carbocycles. The summed E-state index contributed by atoms with van der Waals surface area (Å²) in [6.07, 6.45) is 0. The van der Waals surface area contributed by atoms with Crippen LogP contribution in [0.4, 0.5) is 0 Å². The molecule has 4 heteroatoms. The maximum absolute atomic E-state index is 6.16. The average molecular weight is 305 g/mol. The zero-order valence-corrected chi connectivity index (χ0v) is 13.0. The number of likely N-dealkylation sites (N-methyl/N-ethyl adjacent to an activating group) is 1. The Kier molecular flexibility index (Phi) is 6.05. The number of nitrogens with two attached hydrogens (primary N) is 1. The molecule has 0 fully saturated rings. The normalized spacial score (nSPS) is 10.9. The molecule has 0 unspecified atom stereocenters. The van der Waals surface area contributed by atoms with Crippen molar-refractivity contribution in [2.45, 2.75) is 13.1 Å². The molecule has 0 aromatic heterocycles. The first kappa shape index (κ1) is 15.8. The summed E-state index contributed by atoms with van der Waals surface area (Å²) in [6, 6.07) is 15.8. The van der Waals surface area contributed by atoms with Crippen LogP contribution in [0.5, 0.6) is 5.75 Å². The van der Waals surface area contributed by atoms with Crippen molar-refractivity contribution in [3.63, 3.8) is 0 Å². The second-order valence-corrected chi connectivity index (χ2v) is 5.44. The van der Waals surface area contributed by atoms with Crippen molar-refractivity contribution in [3.8, 4) is 5.75 Å². The second-order valence-electron chi connectivity index (χ2n) is 5.03. The standard InChI is InChI=1S/C17H21ClN2O/c1-20(13-15-6-2-3-8-17(15)18)9-10-21-16-7-4-5-14(11-16)12-19/h2-8,11H,9-10,12-13,19H2,1H3. The lowest BCUT2D eigenvalue weighted by Crippen LogP contribution is -2.24. The fourth-order valence-corrected chi connectivity index (χ4v) is 2.27. The van der Waals surface area contributed by atoms with Gasteiger partial charge in [-0.15, -0.1) is 0 Å². The number of hydrogen-bond acceptors (Lipinski definition) is 3. The average Bonchev–Trinajstić information content (AvgIpc) is 2.50. The van der Waals surface area contributed by atoms with Gasteiger partial charge in [0.25, 0.3) is 0 Å². The fourth-order valence-electron chi connectivity index (χ4n) is 2.08. The van der Waals surface area contributed by atoms with Crippen LogP contribution in [0.15, 0.2) is 48.5 Å². The Labute approximate surface area is 131 Å². The molecule has 2 aromatic carbocycles. The van der Waals surface area contributed by atoms with Crippen LogP contribution in [-0.2, 0) is 13.1 Å². The van der Waals surface area contributed by atoms with Gasteiger partial charge in [-0.3, -0.25) is 4.90 Å². The zero-order valence-electron chi connectivity index (χ0n) is 12.3. The van der Waals surface area contributed by atoms with Gasteiger partial charge in [0.2, 0.25) is 0 Å². The van der Waals surface area contributed by atoms with Crippen LogP contribution in [0.2, 0.25) is 5.02 Å². The molecule has 112 valence electrons. The molecule has 0 aliphatic carbocycles. The van der Waals surface area contributed by atoms with E-state index in [0.29, 0.717) is 13.2 Å². The van der Waals surface area contributed by atoms with Crippen LogP contribution in [0.25, 0.3) is 0 Å². The molecule has 2 rings (SSSR count). The van der Waals surface area contributed by atoms with Gasteiger partial charge in [0, 0.05) is 24.7 Å². The summed E-state index contributed by atoms with van der Waals surface area (Å²) < 4.78 is 5.76. The molecule has 3 nitrogen and oxygen atoms in total. The quantitative estimate of drug-likeness (QED) is 0.853. The third kappa shape index (κ3) is 5.05. The van der Waals surface area contributed by atoms with Crippen LogP contribution < -0.4 is 10.5 Å². The third-order valence-electron chi connectivity index (χ3n) is 3.27. The number of halogens is 1. The van der Waals surface area contributed by atoms with Crippen molar-refractivity contribution < 1.29 is 4.74 Å². The Morgan fingerprint density at radius 1 is 1.14 bits per heavy atom. The summed E-state index contributed by atoms with van der Waals surface area (Å²) in [7, 11) is 2.06. The van der Waals surface area contributed by atoms with Gasteiger partial charge >= 0.3 is 0 Å². The molecule has 0 bridgehead atoms. The molecular weight excluding hydrogens is 284 g/mol. The molecule has 0 atom stereocenters. The number of ether oxygens (including phenoxy) is 1. The predicted octanol–water partition coefficient (Wildman–Crippen LogP) is 3.31. The van der Waals surface area contributed by atoms with Crippen molar-refractivity contribution >= 4 is 11.6 Å². The van der Waals surface area contributed by atoms with Gasteiger partial charge in [-0.05, 0) is 36.4 Å². The monoisotopic (exact) mass is 304 g/mol.